The first-order chi connectivity index (χ1) is 15.4. The lowest BCUT2D eigenvalue weighted by Gasteiger charge is -2.28. The third kappa shape index (κ3) is 5.78. The number of nitrogens with zero attached hydrogens (tertiary/aromatic N) is 4. The van der Waals surface area contributed by atoms with Crippen molar-refractivity contribution in [2.24, 2.45) is 5.14 Å². The molecule has 2 aromatic rings. The van der Waals surface area contributed by atoms with Crippen molar-refractivity contribution < 1.29 is 22.7 Å². The highest BCUT2D eigenvalue weighted by Crippen LogP contribution is 2.26. The van der Waals surface area contributed by atoms with Crippen LogP contribution in [0.1, 0.15) is 12.8 Å². The molecule has 0 radical (unpaired) electrons. The van der Waals surface area contributed by atoms with E-state index in [0.29, 0.717) is 30.6 Å². The number of hydrogen-bond donors (Lipinski definition) is 2. The van der Waals surface area contributed by atoms with Crippen molar-refractivity contribution in [2.45, 2.75) is 35.5 Å². The maximum Gasteiger partial charge on any atom is 0.238 e. The summed E-state index contributed by atoms with van der Waals surface area (Å²) < 4.78 is 36.0. The van der Waals surface area contributed by atoms with Gasteiger partial charge >= 0.3 is 0 Å². The Kier molecular flexibility index (Phi) is 7.30. The summed E-state index contributed by atoms with van der Waals surface area (Å²) in [4.78, 5) is 14.6. The van der Waals surface area contributed by atoms with E-state index in [0.717, 1.165) is 38.5 Å². The Balaban J connectivity index is 1.41. The standard InChI is InChI=1S/C19H26N6O5S2/c20-32(27,28)16-5-3-14(4-6-16)21-17(26)13-31-19-23-22-18(24-7-10-29-11-8-24)25(19)12-15-2-1-9-30-15/h3-6,15H,1-2,7-13H2,(H,21,26)(H2,20,27,28). The summed E-state index contributed by atoms with van der Waals surface area (Å²) in [5.41, 5.74) is 0.484. The highest BCUT2D eigenvalue weighted by Gasteiger charge is 2.25. The fourth-order valence-electron chi connectivity index (χ4n) is 3.59. The van der Waals surface area contributed by atoms with Gasteiger partial charge in [0.25, 0.3) is 0 Å². The molecule has 11 nitrogen and oxygen atoms in total. The second-order valence-corrected chi connectivity index (χ2v) is 10.0. The van der Waals surface area contributed by atoms with Gasteiger partial charge in [-0.1, -0.05) is 11.8 Å². The Morgan fingerprint density at radius 1 is 1.19 bits per heavy atom. The SMILES string of the molecule is NS(=O)(=O)c1ccc(NC(=O)CSc2nnc(N3CCOCC3)n2CC2CCCO2)cc1. The third-order valence-electron chi connectivity index (χ3n) is 5.20. The van der Waals surface area contributed by atoms with Crippen LogP contribution >= 0.6 is 11.8 Å². The van der Waals surface area contributed by atoms with E-state index in [2.05, 4.69) is 20.4 Å². The van der Waals surface area contributed by atoms with Gasteiger partial charge in [0.15, 0.2) is 5.16 Å². The Morgan fingerprint density at radius 3 is 2.59 bits per heavy atom. The molecular weight excluding hydrogens is 456 g/mol. The monoisotopic (exact) mass is 482 g/mol. The molecule has 1 amide bonds. The van der Waals surface area contributed by atoms with Crippen molar-refractivity contribution >= 4 is 39.3 Å². The lowest BCUT2D eigenvalue weighted by atomic mass is 10.2. The number of morpholine rings is 1. The molecule has 32 heavy (non-hydrogen) atoms. The smallest absolute Gasteiger partial charge is 0.238 e. The van der Waals surface area contributed by atoms with Crippen LogP contribution in [0.25, 0.3) is 0 Å². The lowest BCUT2D eigenvalue weighted by Crippen LogP contribution is -2.38. The molecule has 2 aliphatic rings. The Labute approximate surface area is 190 Å². The second-order valence-electron chi connectivity index (χ2n) is 7.53. The fraction of sp³-hybridized carbons (Fsp3) is 0.526. The molecule has 0 bridgehead atoms. The number of amides is 1. The van der Waals surface area contributed by atoms with Crippen molar-refractivity contribution in [1.29, 1.82) is 0 Å². The van der Waals surface area contributed by atoms with Crippen molar-refractivity contribution in [3.8, 4) is 0 Å². The van der Waals surface area contributed by atoms with E-state index >= 15 is 0 Å². The molecule has 0 aliphatic carbocycles. The number of benzene rings is 1. The molecule has 1 unspecified atom stereocenters. The van der Waals surface area contributed by atoms with Gasteiger partial charge in [-0.3, -0.25) is 9.36 Å². The minimum atomic E-state index is -3.77. The molecule has 174 valence electrons. The number of sulfonamides is 1. The third-order valence-corrected chi connectivity index (χ3v) is 7.10. The molecule has 2 saturated heterocycles. The molecule has 3 N–H and O–H groups in total. The van der Waals surface area contributed by atoms with E-state index in [-0.39, 0.29) is 22.7 Å². The number of carbonyl (C=O) groups excluding carboxylic acids is 1. The zero-order valence-corrected chi connectivity index (χ0v) is 19.1. The molecule has 1 atom stereocenters. The summed E-state index contributed by atoms with van der Waals surface area (Å²) in [7, 11) is -3.77. The minimum Gasteiger partial charge on any atom is -0.378 e. The lowest BCUT2D eigenvalue weighted by molar-refractivity contribution is -0.113. The predicted molar refractivity (Wildman–Crippen MR) is 119 cm³/mol. The van der Waals surface area contributed by atoms with Crippen LogP contribution in [0.2, 0.25) is 0 Å². The van der Waals surface area contributed by atoms with Gasteiger partial charge in [-0.2, -0.15) is 0 Å². The van der Waals surface area contributed by atoms with E-state index in [4.69, 9.17) is 14.6 Å². The van der Waals surface area contributed by atoms with E-state index < -0.39 is 10.0 Å². The Bertz CT molecular complexity index is 1030. The number of carbonyl (C=O) groups is 1. The quantitative estimate of drug-likeness (QED) is 0.519. The average Bonchev–Trinajstić information content (AvgIpc) is 3.43. The van der Waals surface area contributed by atoms with Gasteiger partial charge in [0.05, 0.1) is 36.5 Å². The van der Waals surface area contributed by atoms with Gasteiger partial charge in [-0.15, -0.1) is 10.2 Å². The number of anilines is 2. The van der Waals surface area contributed by atoms with Crippen molar-refractivity contribution in [1.82, 2.24) is 14.8 Å². The number of hydrogen-bond acceptors (Lipinski definition) is 9. The maximum absolute atomic E-state index is 12.4. The van der Waals surface area contributed by atoms with Crippen LogP contribution < -0.4 is 15.4 Å². The highest BCUT2D eigenvalue weighted by molar-refractivity contribution is 7.99. The first-order valence-electron chi connectivity index (χ1n) is 10.3. The molecule has 0 saturated carbocycles. The summed E-state index contributed by atoms with van der Waals surface area (Å²) >= 11 is 1.30. The summed E-state index contributed by atoms with van der Waals surface area (Å²) in [5.74, 6) is 0.659. The molecule has 0 spiro atoms. The molecule has 1 aromatic heterocycles. The number of nitrogens with two attached hydrogens (primary N) is 1. The van der Waals surface area contributed by atoms with Crippen LogP contribution in [-0.4, -0.2) is 73.9 Å². The molecule has 2 fully saturated rings. The van der Waals surface area contributed by atoms with Gasteiger partial charge in [-0.25, -0.2) is 13.6 Å². The normalized spacial score (nSPS) is 19.3. The predicted octanol–water partition coefficient (Wildman–Crippen LogP) is 0.672. The maximum atomic E-state index is 12.4. The molecular formula is C19H26N6O5S2. The van der Waals surface area contributed by atoms with E-state index in [9.17, 15) is 13.2 Å². The van der Waals surface area contributed by atoms with Crippen molar-refractivity contribution in [3.63, 3.8) is 0 Å². The number of aromatic nitrogens is 3. The van der Waals surface area contributed by atoms with Gasteiger partial charge in [0.2, 0.25) is 21.9 Å². The average molecular weight is 483 g/mol. The summed E-state index contributed by atoms with van der Waals surface area (Å²) in [6.45, 7) is 4.16. The highest BCUT2D eigenvalue weighted by atomic mass is 32.2. The van der Waals surface area contributed by atoms with Crippen LogP contribution in [0.5, 0.6) is 0 Å². The van der Waals surface area contributed by atoms with Crippen LogP contribution in [0.4, 0.5) is 11.6 Å². The summed E-state index contributed by atoms with van der Waals surface area (Å²) in [5, 5.41) is 17.2. The minimum absolute atomic E-state index is 0.0113. The number of nitrogens with one attached hydrogen (secondary N) is 1. The number of ether oxygens (including phenoxy) is 2. The van der Waals surface area contributed by atoms with E-state index in [1.807, 2.05) is 4.57 Å². The largest absolute Gasteiger partial charge is 0.378 e. The van der Waals surface area contributed by atoms with Crippen molar-refractivity contribution in [3.05, 3.63) is 24.3 Å². The molecule has 1 aromatic carbocycles. The zero-order chi connectivity index (χ0) is 22.6. The van der Waals surface area contributed by atoms with Gasteiger partial charge in [0, 0.05) is 25.4 Å². The molecule has 2 aliphatic heterocycles. The molecule has 13 heteroatoms. The number of rotatable bonds is 8. The van der Waals surface area contributed by atoms with Gasteiger partial charge in [-0.05, 0) is 37.1 Å². The first-order valence-corrected chi connectivity index (χ1v) is 12.9. The van der Waals surface area contributed by atoms with Crippen LogP contribution in [0.3, 0.4) is 0 Å². The van der Waals surface area contributed by atoms with E-state index in [1.54, 1.807) is 0 Å². The second kappa shape index (κ2) is 10.2. The van der Waals surface area contributed by atoms with Crippen LogP contribution in [0.15, 0.2) is 34.3 Å². The molecule has 4 rings (SSSR count). The number of primary sulfonamides is 1. The van der Waals surface area contributed by atoms with E-state index in [1.165, 1.54) is 36.0 Å². The first kappa shape index (κ1) is 23.0. The summed E-state index contributed by atoms with van der Waals surface area (Å²) in [6.07, 6.45) is 2.13. The van der Waals surface area contributed by atoms with Crippen LogP contribution in [0, 0.1) is 0 Å². The Hall–Kier alpha value is -2.19. The topological polar surface area (TPSA) is 142 Å². The van der Waals surface area contributed by atoms with Crippen LogP contribution in [-0.2, 0) is 30.8 Å². The fourth-order valence-corrected chi connectivity index (χ4v) is 4.85. The Morgan fingerprint density at radius 2 is 1.94 bits per heavy atom. The molecule has 3 heterocycles. The van der Waals surface area contributed by atoms with Gasteiger partial charge < -0.3 is 19.7 Å². The number of thioether (sulfide) groups is 1. The van der Waals surface area contributed by atoms with Crippen molar-refractivity contribution in [2.75, 3.05) is 48.9 Å². The summed E-state index contributed by atoms with van der Waals surface area (Å²) in [6, 6.07) is 5.70. The zero-order valence-electron chi connectivity index (χ0n) is 17.5. The van der Waals surface area contributed by atoms with Gasteiger partial charge in [0.1, 0.15) is 0 Å².